The molecule has 1 aliphatic rings. The van der Waals surface area contributed by atoms with Crippen molar-refractivity contribution in [1.29, 1.82) is 0 Å². The first-order chi connectivity index (χ1) is 4.43. The highest BCUT2D eigenvalue weighted by molar-refractivity contribution is 7.37. The fourth-order valence-electron chi connectivity index (χ4n) is 1.49. The summed E-state index contributed by atoms with van der Waals surface area (Å²) in [5.41, 5.74) is 0. The molecule has 0 aromatic heterocycles. The molecule has 1 fully saturated rings. The lowest BCUT2D eigenvalue weighted by molar-refractivity contribution is 0.447. The lowest BCUT2D eigenvalue weighted by atomic mass is 9.91. The van der Waals surface area contributed by atoms with Crippen LogP contribution in [-0.2, 0) is 0 Å². The van der Waals surface area contributed by atoms with Crippen molar-refractivity contribution in [3.8, 4) is 0 Å². The summed E-state index contributed by atoms with van der Waals surface area (Å²) in [7, 11) is 1.47. The van der Waals surface area contributed by atoms with Crippen LogP contribution in [0.5, 0.6) is 0 Å². The van der Waals surface area contributed by atoms with E-state index in [0.717, 1.165) is 5.92 Å². The average Bonchev–Trinajstić information content (AvgIpc) is 1.91. The summed E-state index contributed by atoms with van der Waals surface area (Å²) < 4.78 is 0. The average molecular weight is 142 g/mol. The van der Waals surface area contributed by atoms with E-state index in [1.165, 1.54) is 40.3 Å². The summed E-state index contributed by atoms with van der Waals surface area (Å²) >= 11 is 0. The van der Waals surface area contributed by atoms with Crippen LogP contribution >= 0.6 is 8.20 Å². The van der Waals surface area contributed by atoms with Crippen LogP contribution < -0.4 is 0 Å². The molecule has 0 atom stereocenters. The SMILES string of the molecule is CP=CC1CCCCC1. The van der Waals surface area contributed by atoms with Gasteiger partial charge in [0.15, 0.2) is 0 Å². The Bertz CT molecular complexity index is 90.7. The highest BCUT2D eigenvalue weighted by Crippen LogP contribution is 2.22. The van der Waals surface area contributed by atoms with Crippen molar-refractivity contribution in [2.45, 2.75) is 32.1 Å². The Kier molecular flexibility index (Phi) is 3.28. The molecule has 52 valence electrons. The molecule has 0 radical (unpaired) electrons. The van der Waals surface area contributed by atoms with Crippen molar-refractivity contribution < 1.29 is 0 Å². The largest absolute Gasteiger partial charge is 0.112 e. The van der Waals surface area contributed by atoms with E-state index < -0.39 is 0 Å². The van der Waals surface area contributed by atoms with E-state index in [-0.39, 0.29) is 0 Å². The Labute approximate surface area is 59.5 Å². The lowest BCUT2D eigenvalue weighted by Gasteiger charge is -2.16. The minimum atomic E-state index is 0.963. The molecular formula is C8H15P. The topological polar surface area (TPSA) is 0 Å². The van der Waals surface area contributed by atoms with E-state index in [0.29, 0.717) is 0 Å². The van der Waals surface area contributed by atoms with Crippen LogP contribution in [0.2, 0.25) is 0 Å². The first kappa shape index (κ1) is 7.28. The van der Waals surface area contributed by atoms with Gasteiger partial charge in [-0.2, -0.15) is 0 Å². The Morgan fingerprint density at radius 3 is 2.44 bits per heavy atom. The van der Waals surface area contributed by atoms with E-state index in [2.05, 4.69) is 12.5 Å². The van der Waals surface area contributed by atoms with Crippen LogP contribution in [0, 0.1) is 5.92 Å². The van der Waals surface area contributed by atoms with E-state index in [1.807, 2.05) is 0 Å². The zero-order chi connectivity index (χ0) is 6.53. The Balaban J connectivity index is 2.23. The second kappa shape index (κ2) is 4.06. The van der Waals surface area contributed by atoms with Gasteiger partial charge in [0, 0.05) is 0 Å². The van der Waals surface area contributed by atoms with E-state index in [4.69, 9.17) is 0 Å². The third-order valence-corrected chi connectivity index (χ3v) is 2.73. The fourth-order valence-corrected chi connectivity index (χ4v) is 2.21. The van der Waals surface area contributed by atoms with Gasteiger partial charge in [0.2, 0.25) is 0 Å². The van der Waals surface area contributed by atoms with Gasteiger partial charge in [-0.25, -0.2) is 0 Å². The summed E-state index contributed by atoms with van der Waals surface area (Å²) in [6, 6.07) is 0. The molecule has 0 heterocycles. The Morgan fingerprint density at radius 2 is 1.89 bits per heavy atom. The van der Waals surface area contributed by atoms with Crippen molar-refractivity contribution in [2.75, 3.05) is 6.66 Å². The second-order valence-corrected chi connectivity index (χ2v) is 3.62. The molecule has 0 aliphatic heterocycles. The minimum Gasteiger partial charge on any atom is -0.112 e. The summed E-state index contributed by atoms with van der Waals surface area (Å²) in [6.07, 6.45) is 7.33. The standard InChI is InChI=1S/C8H15P/c1-9-7-8-5-3-2-4-6-8/h7-8H,2-6H2,1H3. The number of hydrogen-bond donors (Lipinski definition) is 0. The molecule has 1 saturated carbocycles. The predicted molar refractivity (Wildman–Crippen MR) is 45.5 cm³/mol. The third-order valence-electron chi connectivity index (χ3n) is 2.01. The molecule has 1 heteroatoms. The molecule has 0 N–H and O–H groups in total. The summed E-state index contributed by atoms with van der Waals surface area (Å²) in [5, 5.41) is 0. The van der Waals surface area contributed by atoms with Gasteiger partial charge in [0.05, 0.1) is 0 Å². The number of rotatable bonds is 1. The van der Waals surface area contributed by atoms with Crippen molar-refractivity contribution in [3.63, 3.8) is 0 Å². The molecule has 0 aromatic carbocycles. The molecule has 9 heavy (non-hydrogen) atoms. The first-order valence-corrected chi connectivity index (χ1v) is 5.27. The van der Waals surface area contributed by atoms with Gasteiger partial charge < -0.3 is 0 Å². The molecule has 0 spiro atoms. The Hall–Kier alpha value is 0.170. The first-order valence-electron chi connectivity index (χ1n) is 3.86. The smallest absolute Gasteiger partial charge is 0.0190 e. The van der Waals surface area contributed by atoms with Gasteiger partial charge in [-0.3, -0.25) is 0 Å². The lowest BCUT2D eigenvalue weighted by Crippen LogP contribution is -2.05. The quantitative estimate of drug-likeness (QED) is 0.494. The van der Waals surface area contributed by atoms with E-state index >= 15 is 0 Å². The Morgan fingerprint density at radius 1 is 1.22 bits per heavy atom. The van der Waals surface area contributed by atoms with Crippen LogP contribution in [0.1, 0.15) is 32.1 Å². The maximum atomic E-state index is 2.46. The predicted octanol–water partition coefficient (Wildman–Crippen LogP) is 2.94. The zero-order valence-electron chi connectivity index (χ0n) is 6.14. The highest BCUT2D eigenvalue weighted by Gasteiger charge is 2.08. The van der Waals surface area contributed by atoms with Gasteiger partial charge in [-0.15, -0.1) is 8.20 Å². The van der Waals surface area contributed by atoms with Crippen LogP contribution in [0.4, 0.5) is 0 Å². The van der Waals surface area contributed by atoms with Gasteiger partial charge in [-0.1, -0.05) is 25.1 Å². The molecule has 1 rings (SSSR count). The van der Waals surface area contributed by atoms with Gasteiger partial charge >= 0.3 is 0 Å². The molecule has 0 saturated heterocycles. The van der Waals surface area contributed by atoms with Crippen molar-refractivity contribution in [1.82, 2.24) is 0 Å². The fraction of sp³-hybridized carbons (Fsp3) is 0.875. The zero-order valence-corrected chi connectivity index (χ0v) is 7.03. The molecular weight excluding hydrogens is 127 g/mol. The maximum Gasteiger partial charge on any atom is -0.0190 e. The molecule has 0 unspecified atom stereocenters. The molecule has 0 amide bonds. The molecule has 0 aromatic rings. The van der Waals surface area contributed by atoms with Crippen molar-refractivity contribution in [2.24, 2.45) is 5.92 Å². The monoisotopic (exact) mass is 142 g/mol. The van der Waals surface area contributed by atoms with Crippen LogP contribution in [0.3, 0.4) is 0 Å². The minimum absolute atomic E-state index is 0.963. The van der Waals surface area contributed by atoms with Crippen molar-refractivity contribution >= 4 is 14.0 Å². The summed E-state index contributed by atoms with van der Waals surface area (Å²) in [5.74, 6) is 3.42. The van der Waals surface area contributed by atoms with Crippen molar-refractivity contribution in [3.05, 3.63) is 0 Å². The molecule has 0 nitrogen and oxygen atoms in total. The van der Waals surface area contributed by atoms with E-state index in [9.17, 15) is 0 Å². The highest BCUT2D eigenvalue weighted by atomic mass is 31.1. The van der Waals surface area contributed by atoms with Gasteiger partial charge in [0.25, 0.3) is 0 Å². The summed E-state index contributed by atoms with van der Waals surface area (Å²) in [6.45, 7) is 2.22. The number of hydrogen-bond acceptors (Lipinski definition) is 0. The van der Waals surface area contributed by atoms with E-state index in [1.54, 1.807) is 0 Å². The van der Waals surface area contributed by atoms with Gasteiger partial charge in [0.1, 0.15) is 0 Å². The summed E-state index contributed by atoms with van der Waals surface area (Å²) in [4.78, 5) is 0. The van der Waals surface area contributed by atoms with Crippen LogP contribution in [-0.4, -0.2) is 12.5 Å². The maximum absolute atomic E-state index is 2.46. The second-order valence-electron chi connectivity index (χ2n) is 2.81. The molecule has 1 aliphatic carbocycles. The van der Waals surface area contributed by atoms with Crippen LogP contribution in [0.15, 0.2) is 0 Å². The normalized spacial score (nSPS) is 23.2. The van der Waals surface area contributed by atoms with Crippen LogP contribution in [0.25, 0.3) is 0 Å². The third kappa shape index (κ3) is 2.49. The van der Waals surface area contributed by atoms with Gasteiger partial charge in [-0.05, 0) is 25.4 Å². The molecule has 0 bridgehead atoms.